The minimum Gasteiger partial charge on any atom is -0.313 e. The van der Waals surface area contributed by atoms with Crippen LogP contribution in [0.4, 0.5) is 5.00 Å². The van der Waals surface area contributed by atoms with E-state index in [4.69, 9.17) is 5.84 Å². The molecular formula is C9H11N5OS. The lowest BCUT2D eigenvalue weighted by molar-refractivity contribution is 0.730. The van der Waals surface area contributed by atoms with Gasteiger partial charge >= 0.3 is 0 Å². The van der Waals surface area contributed by atoms with E-state index in [1.54, 1.807) is 23.8 Å². The van der Waals surface area contributed by atoms with Crippen molar-refractivity contribution < 1.29 is 0 Å². The summed E-state index contributed by atoms with van der Waals surface area (Å²) in [4.78, 5) is 11.8. The zero-order valence-corrected chi connectivity index (χ0v) is 9.49. The summed E-state index contributed by atoms with van der Waals surface area (Å²) in [6.07, 6.45) is 1.72. The monoisotopic (exact) mass is 237 g/mol. The number of aryl methyl sites for hydroxylation is 1. The minimum atomic E-state index is -0.0292. The first kappa shape index (κ1) is 10.8. The van der Waals surface area contributed by atoms with Crippen LogP contribution in [-0.2, 0) is 6.54 Å². The Morgan fingerprint density at radius 1 is 1.62 bits per heavy atom. The van der Waals surface area contributed by atoms with Crippen LogP contribution in [0, 0.1) is 6.92 Å². The Morgan fingerprint density at radius 3 is 3.19 bits per heavy atom. The van der Waals surface area contributed by atoms with E-state index in [2.05, 4.69) is 15.0 Å². The van der Waals surface area contributed by atoms with E-state index in [0.717, 1.165) is 0 Å². The Bertz CT molecular complexity index is 547. The number of hydrogen-bond acceptors (Lipinski definition) is 6. The number of nitrogens with two attached hydrogens (primary N) is 1. The zero-order chi connectivity index (χ0) is 11.5. The highest BCUT2D eigenvalue weighted by atomic mass is 32.1. The van der Waals surface area contributed by atoms with Crippen molar-refractivity contribution in [3.63, 3.8) is 0 Å². The molecule has 16 heavy (non-hydrogen) atoms. The number of hydrogen-bond donors (Lipinski definition) is 2. The molecule has 2 aromatic heterocycles. The van der Waals surface area contributed by atoms with Gasteiger partial charge in [0.15, 0.2) is 0 Å². The molecule has 0 aromatic carbocycles. The molecule has 0 aliphatic heterocycles. The summed E-state index contributed by atoms with van der Waals surface area (Å²) in [6.45, 7) is 2.15. The molecule has 0 fully saturated rings. The van der Waals surface area contributed by atoms with Gasteiger partial charge in [0.25, 0.3) is 5.56 Å². The molecule has 7 heteroatoms. The maximum absolute atomic E-state index is 11.8. The van der Waals surface area contributed by atoms with Gasteiger partial charge in [0.1, 0.15) is 10.7 Å². The second-order valence-corrected chi connectivity index (χ2v) is 4.07. The second-order valence-electron chi connectivity index (χ2n) is 3.32. The number of hydrazine groups is 1. The molecule has 2 aromatic rings. The highest BCUT2D eigenvalue weighted by Crippen LogP contribution is 2.16. The van der Waals surface area contributed by atoms with Crippen LogP contribution in [0.1, 0.15) is 11.3 Å². The van der Waals surface area contributed by atoms with Crippen LogP contribution >= 0.6 is 11.5 Å². The fourth-order valence-electron chi connectivity index (χ4n) is 1.36. The lowest BCUT2D eigenvalue weighted by Gasteiger charge is -2.05. The molecule has 3 N–H and O–H groups in total. The van der Waals surface area contributed by atoms with Crippen LogP contribution in [0.15, 0.2) is 23.1 Å². The van der Waals surface area contributed by atoms with Gasteiger partial charge in [-0.1, -0.05) is 10.6 Å². The van der Waals surface area contributed by atoms with Gasteiger partial charge in [-0.15, -0.1) is 5.10 Å². The molecular weight excluding hydrogens is 226 g/mol. The fourth-order valence-corrected chi connectivity index (χ4v) is 1.85. The summed E-state index contributed by atoms with van der Waals surface area (Å²) in [6, 6.07) is 3.60. The lowest BCUT2D eigenvalue weighted by atomic mass is 10.3. The molecule has 84 valence electrons. The number of nitrogen functional groups attached to an aromatic ring is 1. The van der Waals surface area contributed by atoms with E-state index < -0.39 is 0 Å². The topological polar surface area (TPSA) is 85.8 Å². The third-order valence-corrected chi connectivity index (χ3v) is 2.92. The Balaban J connectivity index is 2.34. The highest BCUT2D eigenvalue weighted by molar-refractivity contribution is 7.10. The van der Waals surface area contributed by atoms with Crippen molar-refractivity contribution >= 4 is 16.5 Å². The van der Waals surface area contributed by atoms with E-state index in [9.17, 15) is 4.79 Å². The third-order valence-electron chi connectivity index (χ3n) is 2.22. The number of rotatable bonds is 3. The van der Waals surface area contributed by atoms with Crippen LogP contribution < -0.4 is 16.8 Å². The van der Waals surface area contributed by atoms with Gasteiger partial charge in [-0.05, 0) is 13.0 Å². The normalized spacial score (nSPS) is 10.4. The SMILES string of the molecule is Cc1cccn(Cc2nnsc2NN)c1=O. The second kappa shape index (κ2) is 4.42. The molecule has 6 nitrogen and oxygen atoms in total. The third kappa shape index (κ3) is 1.95. The quantitative estimate of drug-likeness (QED) is 0.594. The van der Waals surface area contributed by atoms with Gasteiger partial charge in [-0.2, -0.15) is 0 Å². The molecule has 0 aliphatic carbocycles. The van der Waals surface area contributed by atoms with Crippen molar-refractivity contribution in [3.05, 3.63) is 39.9 Å². The predicted molar refractivity (Wildman–Crippen MR) is 62.3 cm³/mol. The van der Waals surface area contributed by atoms with Crippen molar-refractivity contribution in [1.29, 1.82) is 0 Å². The van der Waals surface area contributed by atoms with Crippen molar-refractivity contribution in [2.45, 2.75) is 13.5 Å². The number of anilines is 1. The summed E-state index contributed by atoms with van der Waals surface area (Å²) in [5.74, 6) is 5.31. The Kier molecular flexibility index (Phi) is 2.97. The minimum absolute atomic E-state index is 0.0292. The summed E-state index contributed by atoms with van der Waals surface area (Å²) >= 11 is 1.17. The van der Waals surface area contributed by atoms with Crippen LogP contribution in [0.5, 0.6) is 0 Å². The zero-order valence-electron chi connectivity index (χ0n) is 8.67. The summed E-state index contributed by atoms with van der Waals surface area (Å²) in [5.41, 5.74) is 3.85. The molecule has 0 unspecified atom stereocenters. The average Bonchev–Trinajstić information content (AvgIpc) is 2.72. The van der Waals surface area contributed by atoms with E-state index in [1.807, 2.05) is 6.07 Å². The summed E-state index contributed by atoms with van der Waals surface area (Å²) in [7, 11) is 0. The molecule has 2 heterocycles. The maximum atomic E-state index is 11.8. The first-order chi connectivity index (χ1) is 7.72. The first-order valence-electron chi connectivity index (χ1n) is 4.66. The molecule has 0 spiro atoms. The standard InChI is InChI=1S/C9H11N5OS/c1-6-3-2-4-14(9(6)15)5-7-8(11-10)16-13-12-7/h2-4,11H,5,10H2,1H3. The summed E-state index contributed by atoms with van der Waals surface area (Å²) in [5, 5.41) is 4.59. The molecule has 0 radical (unpaired) electrons. The Morgan fingerprint density at radius 2 is 2.44 bits per heavy atom. The van der Waals surface area contributed by atoms with Gasteiger partial charge in [-0.3, -0.25) is 4.79 Å². The number of nitrogens with one attached hydrogen (secondary N) is 1. The number of pyridine rings is 1. The molecule has 0 aliphatic rings. The van der Waals surface area contributed by atoms with Crippen LogP contribution in [0.25, 0.3) is 0 Å². The van der Waals surface area contributed by atoms with E-state index >= 15 is 0 Å². The Hall–Kier alpha value is -1.73. The van der Waals surface area contributed by atoms with E-state index in [-0.39, 0.29) is 5.56 Å². The first-order valence-corrected chi connectivity index (χ1v) is 5.43. The van der Waals surface area contributed by atoms with Gasteiger partial charge in [0.2, 0.25) is 0 Å². The van der Waals surface area contributed by atoms with E-state index in [1.165, 1.54) is 11.5 Å². The van der Waals surface area contributed by atoms with Crippen molar-refractivity contribution in [3.8, 4) is 0 Å². The van der Waals surface area contributed by atoms with Gasteiger partial charge < -0.3 is 9.99 Å². The average molecular weight is 237 g/mol. The molecule has 0 saturated carbocycles. The maximum Gasteiger partial charge on any atom is 0.253 e. The smallest absolute Gasteiger partial charge is 0.253 e. The summed E-state index contributed by atoms with van der Waals surface area (Å²) < 4.78 is 5.35. The van der Waals surface area contributed by atoms with E-state index in [0.29, 0.717) is 22.8 Å². The lowest BCUT2D eigenvalue weighted by Crippen LogP contribution is -2.22. The Labute approximate surface area is 95.9 Å². The number of aromatic nitrogens is 3. The highest BCUT2D eigenvalue weighted by Gasteiger charge is 2.08. The van der Waals surface area contributed by atoms with Crippen LogP contribution in [0.2, 0.25) is 0 Å². The van der Waals surface area contributed by atoms with Crippen LogP contribution in [-0.4, -0.2) is 14.2 Å². The largest absolute Gasteiger partial charge is 0.313 e. The molecule has 2 rings (SSSR count). The predicted octanol–water partition coefficient (Wildman–Crippen LogP) is 0.342. The molecule has 0 atom stereocenters. The molecule has 0 saturated heterocycles. The van der Waals surface area contributed by atoms with Crippen molar-refractivity contribution in [1.82, 2.24) is 14.2 Å². The molecule has 0 amide bonds. The fraction of sp³-hybridized carbons (Fsp3) is 0.222. The number of nitrogens with zero attached hydrogens (tertiary/aromatic N) is 3. The van der Waals surface area contributed by atoms with Gasteiger partial charge in [-0.25, -0.2) is 5.84 Å². The van der Waals surface area contributed by atoms with Crippen LogP contribution in [0.3, 0.4) is 0 Å². The van der Waals surface area contributed by atoms with Crippen molar-refractivity contribution in [2.24, 2.45) is 5.84 Å². The van der Waals surface area contributed by atoms with Gasteiger partial charge in [0, 0.05) is 23.3 Å². The van der Waals surface area contributed by atoms with Crippen molar-refractivity contribution in [2.75, 3.05) is 5.43 Å². The van der Waals surface area contributed by atoms with Gasteiger partial charge in [0.05, 0.1) is 6.54 Å². The molecule has 0 bridgehead atoms.